The topological polar surface area (TPSA) is 32.3 Å². The Morgan fingerprint density at radius 3 is 2.61 bits per heavy atom. The minimum Gasteiger partial charge on any atom is -0.371 e. The van der Waals surface area contributed by atoms with Crippen LogP contribution in [0, 0.1) is 13.8 Å². The summed E-state index contributed by atoms with van der Waals surface area (Å²) in [6.45, 7) is 7.68. The van der Waals surface area contributed by atoms with Crippen molar-refractivity contribution in [1.82, 2.24) is 0 Å². The van der Waals surface area contributed by atoms with E-state index in [1.165, 1.54) is 5.56 Å². The minimum absolute atomic E-state index is 0.0153. The van der Waals surface area contributed by atoms with E-state index in [1.54, 1.807) is 6.07 Å². The molecule has 0 spiro atoms. The van der Waals surface area contributed by atoms with Crippen LogP contribution < -0.4 is 10.2 Å². The van der Waals surface area contributed by atoms with Crippen LogP contribution in [0.5, 0.6) is 0 Å². The molecule has 0 radical (unpaired) electrons. The first-order valence-electron chi connectivity index (χ1n) is 7.87. The van der Waals surface area contributed by atoms with Crippen LogP contribution in [0.3, 0.4) is 0 Å². The first kappa shape index (κ1) is 17.4. The standard InChI is InChI=1S/C19H23ClN2O/c1-4-22(17-7-5-6-14(2)12-17)11-10-19(23)21-18-9-8-16(20)13-15(18)3/h5-9,12-13H,4,10-11H2,1-3H3,(H,21,23). The summed E-state index contributed by atoms with van der Waals surface area (Å²) < 4.78 is 0. The van der Waals surface area contributed by atoms with Crippen molar-refractivity contribution in [2.24, 2.45) is 0 Å². The molecular formula is C19H23ClN2O. The zero-order valence-corrected chi connectivity index (χ0v) is 14.7. The van der Waals surface area contributed by atoms with E-state index in [0.717, 1.165) is 23.5 Å². The molecule has 0 aliphatic carbocycles. The van der Waals surface area contributed by atoms with E-state index in [9.17, 15) is 4.79 Å². The van der Waals surface area contributed by atoms with E-state index < -0.39 is 0 Å². The molecule has 1 amide bonds. The van der Waals surface area contributed by atoms with Crippen molar-refractivity contribution in [3.05, 3.63) is 58.6 Å². The third-order valence-corrected chi connectivity index (χ3v) is 4.05. The van der Waals surface area contributed by atoms with Crippen LogP contribution in [0.4, 0.5) is 11.4 Å². The van der Waals surface area contributed by atoms with E-state index >= 15 is 0 Å². The zero-order valence-electron chi connectivity index (χ0n) is 13.9. The molecule has 0 unspecified atom stereocenters. The molecule has 23 heavy (non-hydrogen) atoms. The lowest BCUT2D eigenvalue weighted by molar-refractivity contribution is -0.116. The first-order valence-corrected chi connectivity index (χ1v) is 8.25. The summed E-state index contributed by atoms with van der Waals surface area (Å²) >= 11 is 5.94. The number of anilines is 2. The Hall–Kier alpha value is -2.00. The molecule has 0 aliphatic heterocycles. The van der Waals surface area contributed by atoms with Gasteiger partial charge < -0.3 is 10.2 Å². The number of hydrogen-bond acceptors (Lipinski definition) is 2. The summed E-state index contributed by atoms with van der Waals surface area (Å²) in [7, 11) is 0. The van der Waals surface area contributed by atoms with Gasteiger partial charge in [0.05, 0.1) is 0 Å². The van der Waals surface area contributed by atoms with Crippen molar-refractivity contribution >= 4 is 28.9 Å². The second-order valence-electron chi connectivity index (χ2n) is 5.68. The minimum atomic E-state index is 0.0153. The maximum absolute atomic E-state index is 12.2. The molecule has 0 atom stereocenters. The Morgan fingerprint density at radius 1 is 1.17 bits per heavy atom. The first-order chi connectivity index (χ1) is 11.0. The normalized spacial score (nSPS) is 10.4. The summed E-state index contributed by atoms with van der Waals surface area (Å²) in [5.41, 5.74) is 4.17. The molecule has 0 fully saturated rings. The van der Waals surface area contributed by atoms with Gasteiger partial charge in [-0.3, -0.25) is 4.79 Å². The molecule has 2 aromatic rings. The van der Waals surface area contributed by atoms with E-state index in [4.69, 9.17) is 11.6 Å². The Kier molecular flexibility index (Phi) is 6.05. The number of hydrogen-bond donors (Lipinski definition) is 1. The quantitative estimate of drug-likeness (QED) is 0.824. The predicted molar refractivity (Wildman–Crippen MR) is 98.5 cm³/mol. The molecule has 1 N–H and O–H groups in total. The zero-order chi connectivity index (χ0) is 16.8. The van der Waals surface area contributed by atoms with Crippen LogP contribution in [0.15, 0.2) is 42.5 Å². The molecular weight excluding hydrogens is 308 g/mol. The summed E-state index contributed by atoms with van der Waals surface area (Å²) in [5.74, 6) is 0.0153. The highest BCUT2D eigenvalue weighted by atomic mass is 35.5. The average Bonchev–Trinajstić information content (AvgIpc) is 2.51. The van der Waals surface area contributed by atoms with Gasteiger partial charge in [0.15, 0.2) is 0 Å². The lowest BCUT2D eigenvalue weighted by Crippen LogP contribution is -2.27. The average molecular weight is 331 g/mol. The van der Waals surface area contributed by atoms with E-state index in [-0.39, 0.29) is 5.91 Å². The molecule has 0 aromatic heterocycles. The van der Waals surface area contributed by atoms with Crippen molar-refractivity contribution in [3.63, 3.8) is 0 Å². The van der Waals surface area contributed by atoms with Crippen molar-refractivity contribution in [1.29, 1.82) is 0 Å². The van der Waals surface area contributed by atoms with Gasteiger partial charge in [-0.15, -0.1) is 0 Å². The molecule has 0 aliphatic rings. The fourth-order valence-electron chi connectivity index (χ4n) is 2.51. The van der Waals surface area contributed by atoms with Gasteiger partial charge in [-0.2, -0.15) is 0 Å². The number of rotatable bonds is 6. The predicted octanol–water partition coefficient (Wildman–Crippen LogP) is 4.81. The number of benzene rings is 2. The highest BCUT2D eigenvalue weighted by Gasteiger charge is 2.09. The fraction of sp³-hybridized carbons (Fsp3) is 0.316. The summed E-state index contributed by atoms with van der Waals surface area (Å²) in [6.07, 6.45) is 0.448. The Balaban J connectivity index is 1.94. The maximum Gasteiger partial charge on any atom is 0.226 e. The molecule has 2 rings (SSSR count). The van der Waals surface area contributed by atoms with Crippen molar-refractivity contribution in [2.75, 3.05) is 23.3 Å². The lowest BCUT2D eigenvalue weighted by Gasteiger charge is -2.23. The number of carbonyl (C=O) groups excluding carboxylic acids is 1. The van der Waals surface area contributed by atoms with E-state index in [1.807, 2.05) is 25.1 Å². The van der Waals surface area contributed by atoms with Gasteiger partial charge in [-0.25, -0.2) is 0 Å². The van der Waals surface area contributed by atoms with Crippen molar-refractivity contribution in [2.45, 2.75) is 27.2 Å². The Morgan fingerprint density at radius 2 is 1.96 bits per heavy atom. The molecule has 0 saturated heterocycles. The van der Waals surface area contributed by atoms with Crippen LogP contribution in [-0.4, -0.2) is 19.0 Å². The highest BCUT2D eigenvalue weighted by molar-refractivity contribution is 6.30. The number of halogens is 1. The smallest absolute Gasteiger partial charge is 0.226 e. The second kappa shape index (κ2) is 8.02. The van der Waals surface area contributed by atoms with Gasteiger partial charge in [0.1, 0.15) is 0 Å². The van der Waals surface area contributed by atoms with Crippen LogP contribution in [-0.2, 0) is 4.79 Å². The van der Waals surface area contributed by atoms with Crippen LogP contribution in [0.2, 0.25) is 5.02 Å². The fourth-order valence-corrected chi connectivity index (χ4v) is 2.74. The van der Waals surface area contributed by atoms with Crippen molar-refractivity contribution < 1.29 is 4.79 Å². The number of nitrogens with zero attached hydrogens (tertiary/aromatic N) is 1. The maximum atomic E-state index is 12.2. The number of carbonyl (C=O) groups is 1. The van der Waals surface area contributed by atoms with Gasteiger partial charge in [-0.1, -0.05) is 23.7 Å². The number of nitrogens with one attached hydrogen (secondary N) is 1. The van der Waals surface area contributed by atoms with Crippen molar-refractivity contribution in [3.8, 4) is 0 Å². The molecule has 2 aromatic carbocycles. The SMILES string of the molecule is CCN(CCC(=O)Nc1ccc(Cl)cc1C)c1cccc(C)c1. The third-order valence-electron chi connectivity index (χ3n) is 3.82. The molecule has 3 nitrogen and oxygen atoms in total. The Bertz CT molecular complexity index is 685. The van der Waals surface area contributed by atoms with Gasteiger partial charge in [-0.05, 0) is 62.2 Å². The van der Waals surface area contributed by atoms with E-state index in [0.29, 0.717) is 18.0 Å². The molecule has 0 heterocycles. The second-order valence-corrected chi connectivity index (χ2v) is 6.11. The third kappa shape index (κ3) is 5.00. The van der Waals surface area contributed by atoms with E-state index in [2.05, 4.69) is 42.3 Å². The van der Waals surface area contributed by atoms with Crippen LogP contribution in [0.1, 0.15) is 24.5 Å². The van der Waals surface area contributed by atoms with Crippen LogP contribution >= 0.6 is 11.6 Å². The van der Waals surface area contributed by atoms with Gasteiger partial charge >= 0.3 is 0 Å². The number of amides is 1. The summed E-state index contributed by atoms with van der Waals surface area (Å²) in [5, 5.41) is 3.63. The van der Waals surface area contributed by atoms with Crippen LogP contribution in [0.25, 0.3) is 0 Å². The molecule has 4 heteroatoms. The lowest BCUT2D eigenvalue weighted by atomic mass is 10.2. The summed E-state index contributed by atoms with van der Waals surface area (Å²) in [4.78, 5) is 14.4. The summed E-state index contributed by atoms with van der Waals surface area (Å²) in [6, 6.07) is 13.8. The van der Waals surface area contributed by atoms with Gasteiger partial charge in [0.25, 0.3) is 0 Å². The molecule has 0 bridgehead atoms. The monoisotopic (exact) mass is 330 g/mol. The van der Waals surface area contributed by atoms with Gasteiger partial charge in [0.2, 0.25) is 5.91 Å². The van der Waals surface area contributed by atoms with Gasteiger partial charge in [0, 0.05) is 35.9 Å². The molecule has 0 saturated carbocycles. The number of aryl methyl sites for hydroxylation is 2. The Labute approximate surface area is 143 Å². The highest BCUT2D eigenvalue weighted by Crippen LogP contribution is 2.20. The largest absolute Gasteiger partial charge is 0.371 e. The molecule has 122 valence electrons.